The molecular formula is C34H28O2. The number of carboxylic acids is 1. The van der Waals surface area contributed by atoms with Crippen molar-refractivity contribution in [3.63, 3.8) is 0 Å². The van der Waals surface area contributed by atoms with Crippen LogP contribution in [0.1, 0.15) is 6.92 Å². The van der Waals surface area contributed by atoms with Gasteiger partial charge in [0.25, 0.3) is 0 Å². The van der Waals surface area contributed by atoms with E-state index in [9.17, 15) is 4.79 Å². The smallest absolute Gasteiger partial charge is 0.330 e. The van der Waals surface area contributed by atoms with Crippen molar-refractivity contribution >= 4 is 5.97 Å². The van der Waals surface area contributed by atoms with Gasteiger partial charge in [0.1, 0.15) is 0 Å². The number of hydrogen-bond acceptors (Lipinski definition) is 1. The molecule has 0 saturated carbocycles. The molecule has 0 amide bonds. The molecule has 2 nitrogen and oxygen atoms in total. The Hall–Kier alpha value is -4.69. The van der Waals surface area contributed by atoms with Gasteiger partial charge in [0.15, 0.2) is 0 Å². The highest BCUT2D eigenvalue weighted by Gasteiger charge is 2.18. The van der Waals surface area contributed by atoms with Crippen LogP contribution in [-0.4, -0.2) is 11.1 Å². The fourth-order valence-electron chi connectivity index (χ4n) is 4.13. The number of carboxylic acid groups (broad SMARTS) is 1. The Morgan fingerprint density at radius 2 is 0.750 bits per heavy atom. The molecule has 0 aliphatic rings. The molecule has 0 fully saturated rings. The van der Waals surface area contributed by atoms with Crippen LogP contribution in [0.4, 0.5) is 0 Å². The minimum absolute atomic E-state index is 0.176. The predicted molar refractivity (Wildman–Crippen MR) is 151 cm³/mol. The van der Waals surface area contributed by atoms with Crippen molar-refractivity contribution in [3.05, 3.63) is 146 Å². The van der Waals surface area contributed by atoms with Crippen molar-refractivity contribution in [1.82, 2.24) is 0 Å². The third-order valence-electron chi connectivity index (χ3n) is 5.86. The van der Waals surface area contributed by atoms with E-state index >= 15 is 0 Å². The first-order valence-corrected chi connectivity index (χ1v) is 11.8. The Bertz CT molecular complexity index is 1330. The maximum atomic E-state index is 9.60. The molecule has 0 bridgehead atoms. The molecule has 5 aromatic rings. The monoisotopic (exact) mass is 468 g/mol. The lowest BCUT2D eigenvalue weighted by molar-refractivity contribution is -0.132. The highest BCUT2D eigenvalue weighted by molar-refractivity contribution is 6.01. The zero-order valence-electron chi connectivity index (χ0n) is 20.3. The minimum atomic E-state index is -0.935. The highest BCUT2D eigenvalue weighted by Crippen LogP contribution is 2.45. The summed E-state index contributed by atoms with van der Waals surface area (Å²) in [5.74, 6) is -0.935. The van der Waals surface area contributed by atoms with E-state index in [2.05, 4.69) is 140 Å². The van der Waals surface area contributed by atoms with E-state index in [1.165, 1.54) is 51.4 Å². The third kappa shape index (κ3) is 5.68. The van der Waals surface area contributed by atoms with Gasteiger partial charge < -0.3 is 5.11 Å². The van der Waals surface area contributed by atoms with Crippen LogP contribution in [0.15, 0.2) is 146 Å². The summed E-state index contributed by atoms with van der Waals surface area (Å²) in [5.41, 5.74) is 10.1. The van der Waals surface area contributed by atoms with Gasteiger partial charge >= 0.3 is 5.97 Å². The lowest BCUT2D eigenvalue weighted by Gasteiger charge is -2.20. The Morgan fingerprint density at radius 3 is 1.00 bits per heavy atom. The van der Waals surface area contributed by atoms with Gasteiger partial charge in [-0.05, 0) is 51.4 Å². The van der Waals surface area contributed by atoms with E-state index in [-0.39, 0.29) is 5.57 Å². The summed E-state index contributed by atoms with van der Waals surface area (Å²) in [4.78, 5) is 9.60. The SMILES string of the molecule is C=C(C)C(=O)O.c1ccc(-c2ccc(-c3ccccc3)c(-c3ccccc3)c2-c2ccccc2)cc1. The van der Waals surface area contributed by atoms with Crippen molar-refractivity contribution in [2.45, 2.75) is 6.92 Å². The molecule has 0 radical (unpaired) electrons. The van der Waals surface area contributed by atoms with Gasteiger partial charge in [-0.2, -0.15) is 0 Å². The molecule has 0 spiro atoms. The van der Waals surface area contributed by atoms with Crippen molar-refractivity contribution in [3.8, 4) is 44.5 Å². The lowest BCUT2D eigenvalue weighted by Crippen LogP contribution is -1.94. The lowest BCUT2D eigenvalue weighted by atomic mass is 9.83. The van der Waals surface area contributed by atoms with Gasteiger partial charge in [-0.25, -0.2) is 4.79 Å². The normalized spacial score (nSPS) is 10.1. The molecule has 0 saturated heterocycles. The molecule has 2 heteroatoms. The van der Waals surface area contributed by atoms with Gasteiger partial charge in [0.05, 0.1) is 0 Å². The minimum Gasteiger partial charge on any atom is -0.478 e. The topological polar surface area (TPSA) is 37.3 Å². The molecule has 5 aromatic carbocycles. The predicted octanol–water partition coefficient (Wildman–Crippen LogP) is 9.00. The molecule has 5 rings (SSSR count). The van der Waals surface area contributed by atoms with Gasteiger partial charge in [0.2, 0.25) is 0 Å². The summed E-state index contributed by atoms with van der Waals surface area (Å²) >= 11 is 0. The molecular weight excluding hydrogens is 440 g/mol. The van der Waals surface area contributed by atoms with Crippen LogP contribution in [-0.2, 0) is 4.79 Å². The first-order chi connectivity index (χ1) is 17.6. The summed E-state index contributed by atoms with van der Waals surface area (Å²) in [6.07, 6.45) is 0. The Balaban J connectivity index is 0.000000455. The zero-order valence-corrected chi connectivity index (χ0v) is 20.3. The zero-order chi connectivity index (χ0) is 25.3. The molecule has 0 heterocycles. The summed E-state index contributed by atoms with van der Waals surface area (Å²) in [6, 6.07) is 47.4. The maximum absolute atomic E-state index is 9.60. The number of benzene rings is 5. The van der Waals surface area contributed by atoms with Crippen LogP contribution >= 0.6 is 0 Å². The van der Waals surface area contributed by atoms with E-state index in [1.807, 2.05) is 0 Å². The molecule has 0 aromatic heterocycles. The average molecular weight is 469 g/mol. The summed E-state index contributed by atoms with van der Waals surface area (Å²) in [7, 11) is 0. The fourth-order valence-corrected chi connectivity index (χ4v) is 4.13. The van der Waals surface area contributed by atoms with Crippen molar-refractivity contribution in [1.29, 1.82) is 0 Å². The second kappa shape index (κ2) is 11.6. The van der Waals surface area contributed by atoms with E-state index < -0.39 is 5.97 Å². The molecule has 36 heavy (non-hydrogen) atoms. The second-order valence-electron chi connectivity index (χ2n) is 8.46. The average Bonchev–Trinajstić information content (AvgIpc) is 2.94. The maximum Gasteiger partial charge on any atom is 0.330 e. The van der Waals surface area contributed by atoms with Crippen LogP contribution in [0.2, 0.25) is 0 Å². The fraction of sp³-hybridized carbons (Fsp3) is 0.0294. The largest absolute Gasteiger partial charge is 0.478 e. The quantitative estimate of drug-likeness (QED) is 0.261. The van der Waals surface area contributed by atoms with E-state index in [4.69, 9.17) is 5.11 Å². The van der Waals surface area contributed by atoms with Crippen molar-refractivity contribution < 1.29 is 9.90 Å². The first-order valence-electron chi connectivity index (χ1n) is 11.8. The van der Waals surface area contributed by atoms with Crippen LogP contribution < -0.4 is 0 Å². The van der Waals surface area contributed by atoms with E-state index in [0.717, 1.165) is 0 Å². The molecule has 0 atom stereocenters. The Labute approximate surface area is 212 Å². The summed E-state index contributed by atoms with van der Waals surface area (Å²) < 4.78 is 0. The molecule has 176 valence electrons. The number of hydrogen-bond donors (Lipinski definition) is 1. The van der Waals surface area contributed by atoms with Crippen molar-refractivity contribution in [2.24, 2.45) is 0 Å². The second-order valence-corrected chi connectivity index (χ2v) is 8.46. The first kappa shape index (κ1) is 24.4. The van der Waals surface area contributed by atoms with E-state index in [0.29, 0.717) is 0 Å². The summed E-state index contributed by atoms with van der Waals surface area (Å²) in [6.45, 7) is 4.60. The van der Waals surface area contributed by atoms with Crippen molar-refractivity contribution in [2.75, 3.05) is 0 Å². The van der Waals surface area contributed by atoms with Crippen LogP contribution in [0, 0.1) is 0 Å². The number of carbonyl (C=O) groups is 1. The Morgan fingerprint density at radius 1 is 0.500 bits per heavy atom. The highest BCUT2D eigenvalue weighted by atomic mass is 16.4. The number of rotatable bonds is 5. The van der Waals surface area contributed by atoms with Gasteiger partial charge in [-0.1, -0.05) is 140 Å². The van der Waals surface area contributed by atoms with E-state index in [1.54, 1.807) is 0 Å². The Kier molecular flexibility index (Phi) is 7.90. The number of aliphatic carboxylic acids is 1. The van der Waals surface area contributed by atoms with Crippen LogP contribution in [0.5, 0.6) is 0 Å². The van der Waals surface area contributed by atoms with Crippen LogP contribution in [0.25, 0.3) is 44.5 Å². The summed E-state index contributed by atoms with van der Waals surface area (Å²) in [5, 5.41) is 7.89. The van der Waals surface area contributed by atoms with Crippen LogP contribution in [0.3, 0.4) is 0 Å². The van der Waals surface area contributed by atoms with Gasteiger partial charge in [-0.15, -0.1) is 0 Å². The van der Waals surface area contributed by atoms with Gasteiger partial charge in [-0.3, -0.25) is 0 Å². The molecule has 1 N–H and O–H groups in total. The van der Waals surface area contributed by atoms with Gasteiger partial charge in [0, 0.05) is 5.57 Å². The third-order valence-corrected chi connectivity index (χ3v) is 5.86. The molecule has 0 unspecified atom stereocenters. The molecule has 0 aliphatic carbocycles. The molecule has 0 aliphatic heterocycles. The standard InChI is InChI=1S/C30H22.C4H6O2/c1-5-13-23(14-6-1)27-21-22-28(24-15-7-2-8-16-24)30(26-19-11-4-12-20-26)29(27)25-17-9-3-10-18-25;1-3(2)4(5)6/h1-22H;1H2,2H3,(H,5,6).